The first-order valence-electron chi connectivity index (χ1n) is 7.08. The number of hydrogen-bond donors (Lipinski definition) is 1. The van der Waals surface area contributed by atoms with Gasteiger partial charge in [-0.1, -0.05) is 26.0 Å². The van der Waals surface area contributed by atoms with Crippen molar-refractivity contribution in [3.05, 3.63) is 29.8 Å². The fourth-order valence-electron chi connectivity index (χ4n) is 1.96. The number of ether oxygens (including phenoxy) is 1. The Hall–Kier alpha value is -1.55. The fourth-order valence-corrected chi connectivity index (χ4v) is 1.96. The Kier molecular flexibility index (Phi) is 6.52. The third-order valence-electron chi connectivity index (χ3n) is 3.19. The van der Waals surface area contributed by atoms with Gasteiger partial charge < -0.3 is 14.7 Å². The second-order valence-electron chi connectivity index (χ2n) is 5.42. The molecule has 0 bridgehead atoms. The highest BCUT2D eigenvalue weighted by molar-refractivity contribution is 5.78. The molecule has 1 rings (SSSR count). The molecule has 1 amide bonds. The van der Waals surface area contributed by atoms with Crippen LogP contribution < -0.4 is 4.74 Å². The molecule has 1 N–H and O–H groups in total. The molecule has 112 valence electrons. The van der Waals surface area contributed by atoms with E-state index in [1.54, 1.807) is 4.90 Å². The molecule has 0 heterocycles. The van der Waals surface area contributed by atoms with Gasteiger partial charge in [0.05, 0.1) is 6.61 Å². The minimum absolute atomic E-state index is 0.000788. The zero-order chi connectivity index (χ0) is 15.1. The topological polar surface area (TPSA) is 49.8 Å². The molecule has 0 aliphatic carbocycles. The van der Waals surface area contributed by atoms with Crippen LogP contribution in [0.3, 0.4) is 0 Å². The van der Waals surface area contributed by atoms with Gasteiger partial charge in [0.2, 0.25) is 0 Å². The van der Waals surface area contributed by atoms with Gasteiger partial charge in [-0.2, -0.15) is 0 Å². The molecule has 0 saturated heterocycles. The van der Waals surface area contributed by atoms with Crippen LogP contribution in [0.2, 0.25) is 0 Å². The monoisotopic (exact) mass is 279 g/mol. The number of nitrogens with zero attached hydrogens (tertiary/aromatic N) is 1. The van der Waals surface area contributed by atoms with E-state index >= 15 is 0 Å². The quantitative estimate of drug-likeness (QED) is 0.834. The van der Waals surface area contributed by atoms with Crippen LogP contribution in [0.4, 0.5) is 0 Å². The summed E-state index contributed by atoms with van der Waals surface area (Å²) in [5, 5.41) is 8.97. The molecule has 0 fully saturated rings. The Bertz CT molecular complexity index is 412. The highest BCUT2D eigenvalue weighted by Gasteiger charge is 2.16. The van der Waals surface area contributed by atoms with Crippen molar-refractivity contribution in [2.75, 3.05) is 19.8 Å². The van der Waals surface area contributed by atoms with E-state index in [1.807, 2.05) is 38.1 Å². The fraction of sp³-hybridized carbons (Fsp3) is 0.562. The number of benzene rings is 1. The smallest absolute Gasteiger partial charge is 0.260 e. The van der Waals surface area contributed by atoms with Crippen molar-refractivity contribution in [1.82, 2.24) is 4.90 Å². The van der Waals surface area contributed by atoms with E-state index in [2.05, 4.69) is 13.8 Å². The van der Waals surface area contributed by atoms with Crippen LogP contribution in [-0.2, 0) is 4.79 Å². The van der Waals surface area contributed by atoms with Gasteiger partial charge in [0.15, 0.2) is 6.61 Å². The van der Waals surface area contributed by atoms with Crippen molar-refractivity contribution in [2.24, 2.45) is 0 Å². The van der Waals surface area contributed by atoms with E-state index in [9.17, 15) is 4.79 Å². The summed E-state index contributed by atoms with van der Waals surface area (Å²) >= 11 is 0. The minimum atomic E-state index is -0.109. The highest BCUT2D eigenvalue weighted by Crippen LogP contribution is 2.18. The molecule has 0 unspecified atom stereocenters. The van der Waals surface area contributed by atoms with Crippen LogP contribution in [0.1, 0.15) is 39.2 Å². The predicted molar refractivity (Wildman–Crippen MR) is 80.0 cm³/mol. The van der Waals surface area contributed by atoms with E-state index in [0.29, 0.717) is 18.2 Å². The van der Waals surface area contributed by atoms with Gasteiger partial charge in [-0.15, -0.1) is 0 Å². The first-order chi connectivity index (χ1) is 9.45. The van der Waals surface area contributed by atoms with Gasteiger partial charge in [0, 0.05) is 12.6 Å². The summed E-state index contributed by atoms with van der Waals surface area (Å²) < 4.78 is 5.51. The lowest BCUT2D eigenvalue weighted by molar-refractivity contribution is -0.135. The molecule has 0 saturated carbocycles. The second-order valence-corrected chi connectivity index (χ2v) is 5.42. The summed E-state index contributed by atoms with van der Waals surface area (Å²) in [6, 6.07) is 7.85. The molecule has 1 aromatic rings. The molecule has 4 heteroatoms. The van der Waals surface area contributed by atoms with Crippen LogP contribution in [0.5, 0.6) is 5.75 Å². The zero-order valence-electron chi connectivity index (χ0n) is 12.8. The normalized spacial score (nSPS) is 10.9. The number of carbonyl (C=O) groups is 1. The van der Waals surface area contributed by atoms with Gasteiger partial charge >= 0.3 is 0 Å². The maximum absolute atomic E-state index is 12.0. The van der Waals surface area contributed by atoms with E-state index in [1.165, 1.54) is 5.56 Å². The van der Waals surface area contributed by atoms with E-state index < -0.39 is 0 Å². The highest BCUT2D eigenvalue weighted by atomic mass is 16.5. The predicted octanol–water partition coefficient (Wildman–Crippen LogP) is 2.42. The number of amides is 1. The van der Waals surface area contributed by atoms with Gasteiger partial charge in [-0.05, 0) is 37.5 Å². The zero-order valence-corrected chi connectivity index (χ0v) is 12.8. The molecular weight excluding hydrogens is 254 g/mol. The van der Waals surface area contributed by atoms with Crippen molar-refractivity contribution < 1.29 is 14.6 Å². The lowest BCUT2D eigenvalue weighted by Gasteiger charge is -2.25. The van der Waals surface area contributed by atoms with E-state index in [-0.39, 0.29) is 25.2 Å². The van der Waals surface area contributed by atoms with Gasteiger partial charge in [-0.25, -0.2) is 0 Å². The maximum Gasteiger partial charge on any atom is 0.260 e. The van der Waals surface area contributed by atoms with Crippen LogP contribution in [0.25, 0.3) is 0 Å². The molecule has 0 radical (unpaired) electrons. The summed E-state index contributed by atoms with van der Waals surface area (Å²) in [7, 11) is 0. The van der Waals surface area contributed by atoms with E-state index in [4.69, 9.17) is 9.84 Å². The Morgan fingerprint density at radius 1 is 1.20 bits per heavy atom. The van der Waals surface area contributed by atoms with Crippen molar-refractivity contribution >= 4 is 5.91 Å². The van der Waals surface area contributed by atoms with Gasteiger partial charge in [-0.3, -0.25) is 4.79 Å². The first kappa shape index (κ1) is 16.5. The Morgan fingerprint density at radius 2 is 1.80 bits per heavy atom. The Labute approximate surface area is 121 Å². The molecule has 20 heavy (non-hydrogen) atoms. The summed E-state index contributed by atoms with van der Waals surface area (Å²) in [6.45, 7) is 8.41. The summed E-state index contributed by atoms with van der Waals surface area (Å²) in [5.74, 6) is 1.06. The Balaban J connectivity index is 2.55. The number of aliphatic hydroxyl groups is 1. The van der Waals surface area contributed by atoms with Crippen LogP contribution in [0.15, 0.2) is 24.3 Å². The molecule has 0 atom stereocenters. The summed E-state index contributed by atoms with van der Waals surface area (Å²) in [5.41, 5.74) is 1.24. The molecule has 0 aliphatic heterocycles. The van der Waals surface area contributed by atoms with Crippen LogP contribution >= 0.6 is 0 Å². The molecular formula is C16H25NO3. The third-order valence-corrected chi connectivity index (χ3v) is 3.19. The van der Waals surface area contributed by atoms with Crippen LogP contribution in [0, 0.1) is 0 Å². The van der Waals surface area contributed by atoms with Crippen molar-refractivity contribution in [1.29, 1.82) is 0 Å². The maximum atomic E-state index is 12.0. The lowest BCUT2D eigenvalue weighted by Crippen LogP contribution is -2.41. The molecule has 1 aromatic carbocycles. The number of hydrogen-bond acceptors (Lipinski definition) is 3. The summed E-state index contributed by atoms with van der Waals surface area (Å²) in [6.07, 6.45) is 0. The van der Waals surface area contributed by atoms with Gasteiger partial charge in [0.1, 0.15) is 5.75 Å². The van der Waals surface area contributed by atoms with Crippen LogP contribution in [-0.4, -0.2) is 41.7 Å². The molecule has 0 spiro atoms. The number of rotatable bonds is 7. The van der Waals surface area contributed by atoms with Crippen molar-refractivity contribution in [3.63, 3.8) is 0 Å². The second kappa shape index (κ2) is 7.90. The standard InChI is InChI=1S/C16H25NO3/c1-12(2)14-5-7-15(8-6-14)20-11-16(19)17(9-10-18)13(3)4/h5-8,12-13,18H,9-11H2,1-4H3. The van der Waals surface area contributed by atoms with Gasteiger partial charge in [0.25, 0.3) is 5.91 Å². The SMILES string of the molecule is CC(C)c1ccc(OCC(=O)N(CCO)C(C)C)cc1. The first-order valence-corrected chi connectivity index (χ1v) is 7.08. The largest absolute Gasteiger partial charge is 0.484 e. The Morgan fingerprint density at radius 3 is 2.25 bits per heavy atom. The number of aliphatic hydroxyl groups excluding tert-OH is 1. The third kappa shape index (κ3) is 4.85. The van der Waals surface area contributed by atoms with Crippen molar-refractivity contribution in [3.8, 4) is 5.75 Å². The average molecular weight is 279 g/mol. The average Bonchev–Trinajstić information content (AvgIpc) is 2.42. The minimum Gasteiger partial charge on any atom is -0.484 e. The molecule has 4 nitrogen and oxygen atoms in total. The van der Waals surface area contributed by atoms with E-state index in [0.717, 1.165) is 0 Å². The van der Waals surface area contributed by atoms with Crippen molar-refractivity contribution in [2.45, 2.75) is 39.7 Å². The molecule has 0 aromatic heterocycles. The lowest BCUT2D eigenvalue weighted by atomic mass is 10.0. The molecule has 0 aliphatic rings. The summed E-state index contributed by atoms with van der Waals surface area (Å²) in [4.78, 5) is 13.6. The number of carbonyl (C=O) groups excluding carboxylic acids is 1.